The van der Waals surface area contributed by atoms with Gasteiger partial charge in [-0.25, -0.2) is 0 Å². The van der Waals surface area contributed by atoms with Crippen LogP contribution in [-0.2, 0) is 0 Å². The number of hydrogen-bond acceptors (Lipinski definition) is 2. The second kappa shape index (κ2) is 5.94. The fourth-order valence-electron chi connectivity index (χ4n) is 2.63. The highest BCUT2D eigenvalue weighted by atomic mass is 35.5. The molecule has 0 radical (unpaired) electrons. The summed E-state index contributed by atoms with van der Waals surface area (Å²) in [7, 11) is 0. The van der Waals surface area contributed by atoms with Gasteiger partial charge in [-0.2, -0.15) is 0 Å². The van der Waals surface area contributed by atoms with Crippen LogP contribution in [0.5, 0.6) is 5.75 Å². The number of benzene rings is 1. The quantitative estimate of drug-likeness (QED) is 0.899. The molecular weight excluding hydrogens is 246 g/mol. The molecule has 1 saturated heterocycles. The first kappa shape index (κ1) is 13.7. The lowest BCUT2D eigenvalue weighted by molar-refractivity contribution is 0.0966. The maximum Gasteiger partial charge on any atom is 0.122 e. The van der Waals surface area contributed by atoms with Crippen molar-refractivity contribution in [2.45, 2.75) is 33.3 Å². The topological polar surface area (TPSA) is 21.3 Å². The molecule has 0 bridgehead atoms. The van der Waals surface area contributed by atoms with Crippen LogP contribution in [0.2, 0.25) is 5.02 Å². The van der Waals surface area contributed by atoms with Gasteiger partial charge in [-0.1, -0.05) is 25.4 Å². The van der Waals surface area contributed by atoms with Crippen molar-refractivity contribution in [3.05, 3.63) is 28.8 Å². The molecule has 100 valence electrons. The number of ether oxygens (including phenoxy) is 1. The van der Waals surface area contributed by atoms with Crippen molar-refractivity contribution < 1.29 is 4.74 Å². The Bertz CT molecular complexity index is 399. The maximum absolute atomic E-state index is 6.25. The summed E-state index contributed by atoms with van der Waals surface area (Å²) in [6, 6.07) is 5.84. The third kappa shape index (κ3) is 3.18. The van der Waals surface area contributed by atoms with E-state index in [0.717, 1.165) is 29.4 Å². The summed E-state index contributed by atoms with van der Waals surface area (Å²) in [5, 5.41) is 4.18. The molecule has 0 saturated carbocycles. The highest BCUT2D eigenvalue weighted by Crippen LogP contribution is 2.28. The molecule has 0 aromatic heterocycles. The van der Waals surface area contributed by atoms with E-state index in [1.54, 1.807) is 0 Å². The van der Waals surface area contributed by atoms with E-state index in [1.165, 1.54) is 6.42 Å². The molecule has 2 nitrogen and oxygen atoms in total. The smallest absolute Gasteiger partial charge is 0.122 e. The lowest BCUT2D eigenvalue weighted by Gasteiger charge is -2.28. The molecule has 0 amide bonds. The zero-order valence-electron chi connectivity index (χ0n) is 11.4. The van der Waals surface area contributed by atoms with Gasteiger partial charge in [-0.15, -0.1) is 0 Å². The monoisotopic (exact) mass is 267 g/mol. The van der Waals surface area contributed by atoms with Gasteiger partial charge < -0.3 is 10.1 Å². The molecule has 1 aromatic rings. The molecule has 0 unspecified atom stereocenters. The number of halogens is 1. The van der Waals surface area contributed by atoms with Crippen LogP contribution < -0.4 is 10.1 Å². The van der Waals surface area contributed by atoms with Gasteiger partial charge in [-0.05, 0) is 49.6 Å². The van der Waals surface area contributed by atoms with Gasteiger partial charge in [0.05, 0.1) is 0 Å². The third-order valence-electron chi connectivity index (χ3n) is 3.62. The standard InChI is InChI=1S/C15H22ClNO/c1-10(2)15(12-6-7-17-9-12)18-14-5-4-13(16)8-11(14)3/h4-5,8,10,12,15,17H,6-7,9H2,1-3H3/t12-,15-/m1/s1. The Morgan fingerprint density at radius 2 is 2.17 bits per heavy atom. The van der Waals surface area contributed by atoms with Gasteiger partial charge in [0.15, 0.2) is 0 Å². The van der Waals surface area contributed by atoms with Crippen molar-refractivity contribution in [3.63, 3.8) is 0 Å². The van der Waals surface area contributed by atoms with Crippen LogP contribution in [0.25, 0.3) is 0 Å². The number of rotatable bonds is 4. The first-order chi connectivity index (χ1) is 8.58. The third-order valence-corrected chi connectivity index (χ3v) is 3.86. The summed E-state index contributed by atoms with van der Waals surface area (Å²) in [5.41, 5.74) is 1.11. The van der Waals surface area contributed by atoms with Crippen LogP contribution in [-0.4, -0.2) is 19.2 Å². The fraction of sp³-hybridized carbons (Fsp3) is 0.600. The van der Waals surface area contributed by atoms with Crippen LogP contribution in [0.15, 0.2) is 18.2 Å². The minimum Gasteiger partial charge on any atom is -0.490 e. The summed E-state index contributed by atoms with van der Waals surface area (Å²) in [6.07, 6.45) is 1.48. The predicted octanol–water partition coefficient (Wildman–Crippen LogP) is 3.66. The minimum absolute atomic E-state index is 0.278. The molecule has 1 aliphatic rings. The molecule has 1 N–H and O–H groups in total. The second-order valence-corrected chi connectivity index (χ2v) is 5.93. The summed E-state index contributed by atoms with van der Waals surface area (Å²) >= 11 is 5.98. The van der Waals surface area contributed by atoms with E-state index < -0.39 is 0 Å². The molecule has 1 heterocycles. The van der Waals surface area contributed by atoms with E-state index in [0.29, 0.717) is 11.8 Å². The van der Waals surface area contributed by atoms with Crippen LogP contribution in [0.4, 0.5) is 0 Å². The normalized spacial score (nSPS) is 21.3. The van der Waals surface area contributed by atoms with Crippen LogP contribution >= 0.6 is 11.6 Å². The SMILES string of the molecule is Cc1cc(Cl)ccc1O[C@H](C(C)C)[C@@H]1CCNC1. The van der Waals surface area contributed by atoms with Crippen LogP contribution in [0.1, 0.15) is 25.8 Å². The van der Waals surface area contributed by atoms with Crippen molar-refractivity contribution in [3.8, 4) is 5.75 Å². The lowest BCUT2D eigenvalue weighted by atomic mass is 9.92. The molecule has 1 aliphatic heterocycles. The fourth-order valence-corrected chi connectivity index (χ4v) is 2.85. The largest absolute Gasteiger partial charge is 0.490 e. The van der Waals surface area contributed by atoms with Crippen molar-refractivity contribution in [1.29, 1.82) is 0 Å². The van der Waals surface area contributed by atoms with Gasteiger partial charge >= 0.3 is 0 Å². The Morgan fingerprint density at radius 1 is 1.39 bits per heavy atom. The van der Waals surface area contributed by atoms with Crippen molar-refractivity contribution in [2.75, 3.05) is 13.1 Å². The van der Waals surface area contributed by atoms with Gasteiger partial charge in [0, 0.05) is 17.5 Å². The zero-order valence-corrected chi connectivity index (χ0v) is 12.1. The van der Waals surface area contributed by atoms with E-state index >= 15 is 0 Å². The average Bonchev–Trinajstić information content (AvgIpc) is 2.80. The Labute approximate surface area is 115 Å². The Balaban J connectivity index is 2.12. The highest BCUT2D eigenvalue weighted by molar-refractivity contribution is 6.30. The van der Waals surface area contributed by atoms with E-state index in [4.69, 9.17) is 16.3 Å². The van der Waals surface area contributed by atoms with Crippen LogP contribution in [0, 0.1) is 18.8 Å². The summed E-state index contributed by atoms with van der Waals surface area (Å²) in [5.74, 6) is 2.09. The summed E-state index contributed by atoms with van der Waals surface area (Å²) in [4.78, 5) is 0. The minimum atomic E-state index is 0.278. The highest BCUT2D eigenvalue weighted by Gasteiger charge is 2.29. The predicted molar refractivity (Wildman–Crippen MR) is 76.4 cm³/mol. The zero-order chi connectivity index (χ0) is 13.1. The summed E-state index contributed by atoms with van der Waals surface area (Å²) < 4.78 is 6.25. The molecule has 2 rings (SSSR count). The van der Waals surface area contributed by atoms with E-state index in [1.807, 2.05) is 25.1 Å². The average molecular weight is 268 g/mol. The molecule has 2 atom stereocenters. The molecule has 0 aliphatic carbocycles. The lowest BCUT2D eigenvalue weighted by Crippen LogP contribution is -2.33. The molecule has 1 fully saturated rings. The van der Waals surface area contributed by atoms with E-state index in [9.17, 15) is 0 Å². The van der Waals surface area contributed by atoms with Gasteiger partial charge in [0.1, 0.15) is 11.9 Å². The van der Waals surface area contributed by atoms with Gasteiger partial charge in [-0.3, -0.25) is 0 Å². The maximum atomic E-state index is 6.25. The van der Waals surface area contributed by atoms with Crippen molar-refractivity contribution in [2.24, 2.45) is 11.8 Å². The van der Waals surface area contributed by atoms with Crippen molar-refractivity contribution >= 4 is 11.6 Å². The Hall–Kier alpha value is -0.730. The number of aryl methyl sites for hydroxylation is 1. The Kier molecular flexibility index (Phi) is 4.52. The first-order valence-electron chi connectivity index (χ1n) is 6.71. The van der Waals surface area contributed by atoms with E-state index in [2.05, 4.69) is 19.2 Å². The number of nitrogens with one attached hydrogen (secondary N) is 1. The molecule has 0 spiro atoms. The Morgan fingerprint density at radius 3 is 2.72 bits per heavy atom. The molecule has 1 aromatic carbocycles. The second-order valence-electron chi connectivity index (χ2n) is 5.49. The van der Waals surface area contributed by atoms with Crippen LogP contribution in [0.3, 0.4) is 0 Å². The molecule has 18 heavy (non-hydrogen) atoms. The summed E-state index contributed by atoms with van der Waals surface area (Å²) in [6.45, 7) is 8.68. The van der Waals surface area contributed by atoms with Crippen molar-refractivity contribution in [1.82, 2.24) is 5.32 Å². The number of hydrogen-bond donors (Lipinski definition) is 1. The molecular formula is C15H22ClNO. The first-order valence-corrected chi connectivity index (χ1v) is 7.09. The van der Waals surface area contributed by atoms with E-state index in [-0.39, 0.29) is 6.10 Å². The molecule has 3 heteroatoms. The van der Waals surface area contributed by atoms with Gasteiger partial charge in [0.2, 0.25) is 0 Å². The van der Waals surface area contributed by atoms with Gasteiger partial charge in [0.25, 0.3) is 0 Å².